The molecule has 2 heterocycles. The van der Waals surface area contributed by atoms with Gasteiger partial charge in [-0.25, -0.2) is 8.78 Å². The van der Waals surface area contributed by atoms with Gasteiger partial charge in [0.25, 0.3) is 0 Å². The fourth-order valence-electron chi connectivity index (χ4n) is 4.17. The lowest BCUT2D eigenvalue weighted by Gasteiger charge is -2.31. The van der Waals surface area contributed by atoms with Crippen molar-refractivity contribution < 1.29 is 18.4 Å². The average Bonchev–Trinajstić information content (AvgIpc) is 3.12. The van der Waals surface area contributed by atoms with Crippen LogP contribution in [0.5, 0.6) is 0 Å². The second-order valence-corrected chi connectivity index (χ2v) is 7.98. The first-order valence-corrected chi connectivity index (χ1v) is 10.4. The average molecular weight is 413 g/mol. The Balaban J connectivity index is 1.47. The first-order valence-electron chi connectivity index (χ1n) is 10.4. The molecule has 7 heteroatoms. The molecule has 158 valence electrons. The van der Waals surface area contributed by atoms with Crippen molar-refractivity contribution in [2.75, 3.05) is 29.9 Å². The summed E-state index contributed by atoms with van der Waals surface area (Å²) in [7, 11) is 0. The second kappa shape index (κ2) is 8.81. The van der Waals surface area contributed by atoms with Crippen LogP contribution < -0.4 is 10.2 Å². The summed E-state index contributed by atoms with van der Waals surface area (Å²) < 4.78 is 27.8. The molecule has 0 aliphatic carbocycles. The number of likely N-dealkylation sites (tertiary alicyclic amines) is 1. The SMILES string of the molecule is O=C(Nc1cc(F)c(F)cc1N1CCCCC1)[C@H]1CC(=O)N(Cc2ccccc2)C1. The highest BCUT2D eigenvalue weighted by molar-refractivity contribution is 5.99. The van der Waals surface area contributed by atoms with E-state index in [0.29, 0.717) is 18.8 Å². The van der Waals surface area contributed by atoms with Crippen LogP contribution in [0, 0.1) is 17.6 Å². The third kappa shape index (κ3) is 4.45. The van der Waals surface area contributed by atoms with E-state index in [1.165, 1.54) is 0 Å². The molecule has 2 amide bonds. The van der Waals surface area contributed by atoms with E-state index in [9.17, 15) is 18.4 Å². The number of halogens is 2. The third-order valence-corrected chi connectivity index (χ3v) is 5.79. The normalized spacial score (nSPS) is 19.3. The Bertz CT molecular complexity index is 930. The van der Waals surface area contributed by atoms with E-state index in [1.807, 2.05) is 35.2 Å². The molecule has 5 nitrogen and oxygen atoms in total. The zero-order chi connectivity index (χ0) is 21.1. The summed E-state index contributed by atoms with van der Waals surface area (Å²) in [5, 5.41) is 2.76. The maximum Gasteiger partial charge on any atom is 0.229 e. The number of rotatable bonds is 5. The smallest absolute Gasteiger partial charge is 0.229 e. The Kier molecular flexibility index (Phi) is 5.97. The molecule has 4 rings (SSSR count). The van der Waals surface area contributed by atoms with Gasteiger partial charge in [-0.2, -0.15) is 0 Å². The highest BCUT2D eigenvalue weighted by Crippen LogP contribution is 2.32. The Morgan fingerprint density at radius 1 is 1.03 bits per heavy atom. The van der Waals surface area contributed by atoms with Crippen LogP contribution in [-0.4, -0.2) is 36.3 Å². The maximum absolute atomic E-state index is 13.9. The van der Waals surface area contributed by atoms with Crippen molar-refractivity contribution in [3.8, 4) is 0 Å². The lowest BCUT2D eigenvalue weighted by molar-refractivity contribution is -0.128. The summed E-state index contributed by atoms with van der Waals surface area (Å²) in [5.74, 6) is -2.88. The summed E-state index contributed by atoms with van der Waals surface area (Å²) in [5.41, 5.74) is 1.75. The number of amides is 2. The molecule has 2 aromatic carbocycles. The van der Waals surface area contributed by atoms with E-state index in [-0.39, 0.29) is 23.9 Å². The largest absolute Gasteiger partial charge is 0.370 e. The van der Waals surface area contributed by atoms with Crippen molar-refractivity contribution >= 4 is 23.2 Å². The van der Waals surface area contributed by atoms with Gasteiger partial charge in [0, 0.05) is 44.7 Å². The van der Waals surface area contributed by atoms with Crippen LogP contribution in [0.2, 0.25) is 0 Å². The first-order chi connectivity index (χ1) is 14.5. The van der Waals surface area contributed by atoms with E-state index < -0.39 is 17.6 Å². The van der Waals surface area contributed by atoms with Crippen LogP contribution in [0.4, 0.5) is 20.2 Å². The van der Waals surface area contributed by atoms with Crippen molar-refractivity contribution in [1.82, 2.24) is 4.90 Å². The first kappa shape index (κ1) is 20.3. The Hall–Kier alpha value is -2.96. The lowest BCUT2D eigenvalue weighted by Crippen LogP contribution is -2.32. The van der Waals surface area contributed by atoms with Gasteiger partial charge in [0.1, 0.15) is 0 Å². The van der Waals surface area contributed by atoms with Crippen molar-refractivity contribution in [1.29, 1.82) is 0 Å². The number of benzene rings is 2. The number of anilines is 2. The van der Waals surface area contributed by atoms with Gasteiger partial charge in [-0.05, 0) is 24.8 Å². The number of hydrogen-bond donors (Lipinski definition) is 1. The molecule has 1 N–H and O–H groups in total. The fourth-order valence-corrected chi connectivity index (χ4v) is 4.17. The van der Waals surface area contributed by atoms with Gasteiger partial charge in [-0.1, -0.05) is 30.3 Å². The molecular formula is C23H25F2N3O2. The molecular weight excluding hydrogens is 388 g/mol. The van der Waals surface area contributed by atoms with Gasteiger partial charge in [-0.3, -0.25) is 9.59 Å². The molecule has 30 heavy (non-hydrogen) atoms. The van der Waals surface area contributed by atoms with Gasteiger partial charge in [0.15, 0.2) is 11.6 Å². The Morgan fingerprint density at radius 2 is 1.73 bits per heavy atom. The lowest BCUT2D eigenvalue weighted by atomic mass is 10.1. The minimum atomic E-state index is -1.00. The highest BCUT2D eigenvalue weighted by atomic mass is 19.2. The van der Waals surface area contributed by atoms with Gasteiger partial charge in [0.2, 0.25) is 11.8 Å². The molecule has 0 unspecified atom stereocenters. The molecule has 2 aromatic rings. The quantitative estimate of drug-likeness (QED) is 0.808. The van der Waals surface area contributed by atoms with Gasteiger partial charge < -0.3 is 15.1 Å². The van der Waals surface area contributed by atoms with E-state index in [2.05, 4.69) is 5.32 Å². The summed E-state index contributed by atoms with van der Waals surface area (Å²) in [6.45, 7) is 2.23. The van der Waals surface area contributed by atoms with Crippen LogP contribution in [0.3, 0.4) is 0 Å². The summed E-state index contributed by atoms with van der Waals surface area (Å²) in [6, 6.07) is 11.8. The molecule has 0 aromatic heterocycles. The van der Waals surface area contributed by atoms with Gasteiger partial charge in [0.05, 0.1) is 17.3 Å². The number of nitrogens with zero attached hydrogens (tertiary/aromatic N) is 2. The van der Waals surface area contributed by atoms with Crippen LogP contribution in [0.25, 0.3) is 0 Å². The summed E-state index contributed by atoms with van der Waals surface area (Å²) in [4.78, 5) is 28.9. The van der Waals surface area contributed by atoms with E-state index in [1.54, 1.807) is 4.90 Å². The van der Waals surface area contributed by atoms with Crippen LogP contribution in [0.15, 0.2) is 42.5 Å². The zero-order valence-corrected chi connectivity index (χ0v) is 16.7. The molecule has 1 atom stereocenters. The number of piperidine rings is 1. The minimum Gasteiger partial charge on any atom is -0.370 e. The number of nitrogens with one attached hydrogen (secondary N) is 1. The van der Waals surface area contributed by atoms with Gasteiger partial charge in [-0.15, -0.1) is 0 Å². The maximum atomic E-state index is 13.9. The van der Waals surface area contributed by atoms with Crippen LogP contribution in [-0.2, 0) is 16.1 Å². The monoisotopic (exact) mass is 413 g/mol. The number of carbonyl (C=O) groups excluding carboxylic acids is 2. The van der Waals surface area contributed by atoms with Crippen molar-refractivity contribution in [3.05, 3.63) is 59.7 Å². The Labute approximate surface area is 174 Å². The Morgan fingerprint density at radius 3 is 2.47 bits per heavy atom. The summed E-state index contributed by atoms with van der Waals surface area (Å²) in [6.07, 6.45) is 3.15. The molecule has 2 fully saturated rings. The highest BCUT2D eigenvalue weighted by Gasteiger charge is 2.34. The molecule has 0 spiro atoms. The molecule has 0 radical (unpaired) electrons. The second-order valence-electron chi connectivity index (χ2n) is 7.98. The van der Waals surface area contributed by atoms with Gasteiger partial charge >= 0.3 is 0 Å². The molecule has 2 saturated heterocycles. The minimum absolute atomic E-state index is 0.0828. The predicted octanol–water partition coefficient (Wildman–Crippen LogP) is 3.94. The van der Waals surface area contributed by atoms with E-state index in [0.717, 1.165) is 50.0 Å². The topological polar surface area (TPSA) is 52.7 Å². The van der Waals surface area contributed by atoms with Crippen molar-refractivity contribution in [3.63, 3.8) is 0 Å². The molecule has 2 aliphatic rings. The van der Waals surface area contributed by atoms with Crippen LogP contribution in [0.1, 0.15) is 31.2 Å². The summed E-state index contributed by atoms with van der Waals surface area (Å²) >= 11 is 0. The molecule has 2 aliphatic heterocycles. The zero-order valence-electron chi connectivity index (χ0n) is 16.7. The third-order valence-electron chi connectivity index (χ3n) is 5.79. The van der Waals surface area contributed by atoms with E-state index >= 15 is 0 Å². The number of hydrogen-bond acceptors (Lipinski definition) is 3. The molecule has 0 saturated carbocycles. The fraction of sp³-hybridized carbons (Fsp3) is 0.391. The number of carbonyl (C=O) groups is 2. The molecule has 0 bridgehead atoms. The van der Waals surface area contributed by atoms with E-state index in [4.69, 9.17) is 0 Å². The van der Waals surface area contributed by atoms with Crippen LogP contribution >= 0.6 is 0 Å². The van der Waals surface area contributed by atoms with Crippen molar-refractivity contribution in [2.24, 2.45) is 5.92 Å². The standard InChI is InChI=1S/C23H25F2N3O2/c24-18-12-20(21(13-19(18)25)27-9-5-2-6-10-27)26-23(30)17-11-22(29)28(15-17)14-16-7-3-1-4-8-16/h1,3-4,7-8,12-13,17H,2,5-6,9-11,14-15H2,(H,26,30)/t17-/m0/s1. The predicted molar refractivity (Wildman–Crippen MR) is 111 cm³/mol. The van der Waals surface area contributed by atoms with Crippen molar-refractivity contribution in [2.45, 2.75) is 32.2 Å².